The maximum Gasteiger partial charge on any atom is 0.319 e. The Kier molecular flexibility index (Phi) is 5.66. The molecular weight excluding hydrogens is 400 g/mol. The normalized spacial score (nSPS) is 14.8. The number of hydrogen-bond donors (Lipinski definition) is 2. The van der Waals surface area contributed by atoms with Gasteiger partial charge in [0, 0.05) is 29.9 Å². The SMILES string of the molecule is CC1Cc2ccc(CNC(=O)Nc3cc(F)ccc3F)cc2N1C(=O)c1ccccc1. The van der Waals surface area contributed by atoms with Crippen LogP contribution in [0.2, 0.25) is 0 Å². The third-order valence-electron chi connectivity index (χ3n) is 5.23. The molecule has 3 aromatic rings. The van der Waals surface area contributed by atoms with Crippen LogP contribution in [-0.4, -0.2) is 18.0 Å². The number of amides is 3. The van der Waals surface area contributed by atoms with Crippen LogP contribution in [0.1, 0.15) is 28.4 Å². The van der Waals surface area contributed by atoms with Crippen LogP contribution in [0.3, 0.4) is 0 Å². The monoisotopic (exact) mass is 421 g/mol. The summed E-state index contributed by atoms with van der Waals surface area (Å²) in [5, 5.41) is 4.93. The number of halogens is 2. The van der Waals surface area contributed by atoms with Crippen molar-refractivity contribution in [3.63, 3.8) is 0 Å². The van der Waals surface area contributed by atoms with Crippen molar-refractivity contribution in [2.24, 2.45) is 0 Å². The minimum absolute atomic E-state index is 0.0187. The quantitative estimate of drug-likeness (QED) is 0.631. The second kappa shape index (κ2) is 8.55. The van der Waals surface area contributed by atoms with Crippen molar-refractivity contribution in [2.45, 2.75) is 25.9 Å². The number of fused-ring (bicyclic) bond motifs is 1. The highest BCUT2D eigenvalue weighted by molar-refractivity contribution is 6.07. The molecular formula is C24H21F2N3O2. The van der Waals surface area contributed by atoms with Crippen molar-refractivity contribution in [3.05, 3.63) is 95.1 Å². The Bertz CT molecular complexity index is 1130. The van der Waals surface area contributed by atoms with Gasteiger partial charge in [-0.15, -0.1) is 0 Å². The molecule has 1 heterocycles. The molecule has 4 rings (SSSR count). The first-order valence-electron chi connectivity index (χ1n) is 9.92. The maximum atomic E-state index is 13.7. The molecule has 5 nitrogen and oxygen atoms in total. The van der Waals surface area contributed by atoms with Crippen molar-refractivity contribution < 1.29 is 18.4 Å². The molecule has 31 heavy (non-hydrogen) atoms. The number of hydrogen-bond acceptors (Lipinski definition) is 2. The average molecular weight is 421 g/mol. The van der Waals surface area contributed by atoms with Crippen LogP contribution in [0.25, 0.3) is 0 Å². The Morgan fingerprint density at radius 1 is 1.03 bits per heavy atom. The zero-order valence-corrected chi connectivity index (χ0v) is 16.9. The summed E-state index contributed by atoms with van der Waals surface area (Å²) in [5.74, 6) is -1.44. The molecule has 0 aliphatic carbocycles. The summed E-state index contributed by atoms with van der Waals surface area (Å²) in [7, 11) is 0. The van der Waals surface area contributed by atoms with Gasteiger partial charge in [-0.3, -0.25) is 4.79 Å². The van der Waals surface area contributed by atoms with Gasteiger partial charge in [0.25, 0.3) is 5.91 Å². The molecule has 0 radical (unpaired) electrons. The first-order chi connectivity index (χ1) is 14.9. The Morgan fingerprint density at radius 2 is 1.81 bits per heavy atom. The molecule has 1 aliphatic rings. The molecule has 7 heteroatoms. The highest BCUT2D eigenvalue weighted by atomic mass is 19.1. The maximum absolute atomic E-state index is 13.7. The second-order valence-electron chi connectivity index (χ2n) is 7.49. The summed E-state index contributed by atoms with van der Waals surface area (Å²) >= 11 is 0. The van der Waals surface area contributed by atoms with Gasteiger partial charge in [-0.1, -0.05) is 30.3 Å². The van der Waals surface area contributed by atoms with Crippen LogP contribution in [-0.2, 0) is 13.0 Å². The first-order valence-corrected chi connectivity index (χ1v) is 9.92. The molecule has 0 aromatic heterocycles. The van der Waals surface area contributed by atoms with Crippen LogP contribution in [0.15, 0.2) is 66.7 Å². The fourth-order valence-corrected chi connectivity index (χ4v) is 3.73. The average Bonchev–Trinajstić information content (AvgIpc) is 3.10. The molecule has 158 valence electrons. The van der Waals surface area contributed by atoms with Gasteiger partial charge in [-0.25, -0.2) is 13.6 Å². The van der Waals surface area contributed by atoms with Crippen LogP contribution in [0, 0.1) is 11.6 Å². The van der Waals surface area contributed by atoms with Gasteiger partial charge in [0.15, 0.2) is 0 Å². The van der Waals surface area contributed by atoms with Gasteiger partial charge in [0.05, 0.1) is 5.69 Å². The zero-order valence-electron chi connectivity index (χ0n) is 16.9. The molecule has 0 saturated carbocycles. The van der Waals surface area contributed by atoms with E-state index >= 15 is 0 Å². The highest BCUT2D eigenvalue weighted by Crippen LogP contribution is 2.34. The smallest absolute Gasteiger partial charge is 0.319 e. The van der Waals surface area contributed by atoms with Crippen LogP contribution in [0.4, 0.5) is 25.0 Å². The lowest BCUT2D eigenvalue weighted by molar-refractivity contribution is 0.0981. The van der Waals surface area contributed by atoms with Crippen LogP contribution in [0.5, 0.6) is 0 Å². The fourth-order valence-electron chi connectivity index (χ4n) is 3.73. The predicted molar refractivity (Wildman–Crippen MR) is 115 cm³/mol. The van der Waals surface area contributed by atoms with E-state index in [1.807, 2.05) is 43.3 Å². The van der Waals surface area contributed by atoms with Crippen molar-refractivity contribution in [1.82, 2.24) is 5.32 Å². The van der Waals surface area contributed by atoms with E-state index in [4.69, 9.17) is 0 Å². The lowest BCUT2D eigenvalue weighted by Gasteiger charge is -2.23. The van der Waals surface area contributed by atoms with Crippen molar-refractivity contribution in [2.75, 3.05) is 10.2 Å². The fraction of sp³-hybridized carbons (Fsp3) is 0.167. The number of benzene rings is 3. The standard InChI is InChI=1S/C24H21F2N3O2/c1-15-11-18-8-7-16(12-22(18)29(15)23(30)17-5-3-2-4-6-17)14-27-24(31)28-21-13-19(25)9-10-20(21)26/h2-10,12-13,15H,11,14H2,1H3,(H2,27,28,31). The Balaban J connectivity index is 1.47. The molecule has 3 aromatic carbocycles. The van der Waals surface area contributed by atoms with Gasteiger partial charge in [-0.2, -0.15) is 0 Å². The lowest BCUT2D eigenvalue weighted by Crippen LogP contribution is -2.35. The zero-order chi connectivity index (χ0) is 22.0. The van der Waals surface area contributed by atoms with E-state index in [9.17, 15) is 18.4 Å². The first kappa shape index (κ1) is 20.5. The van der Waals surface area contributed by atoms with Crippen LogP contribution < -0.4 is 15.5 Å². The number of nitrogens with one attached hydrogen (secondary N) is 2. The topological polar surface area (TPSA) is 61.4 Å². The molecule has 0 bridgehead atoms. The van der Waals surface area contributed by atoms with Gasteiger partial charge >= 0.3 is 6.03 Å². The van der Waals surface area contributed by atoms with E-state index in [0.717, 1.165) is 41.4 Å². The van der Waals surface area contributed by atoms with E-state index in [0.29, 0.717) is 5.56 Å². The molecule has 3 amide bonds. The van der Waals surface area contributed by atoms with Gasteiger partial charge in [-0.05, 0) is 54.8 Å². The molecule has 2 N–H and O–H groups in total. The molecule has 1 aliphatic heterocycles. The van der Waals surface area contributed by atoms with Gasteiger partial charge in [0.1, 0.15) is 11.6 Å². The van der Waals surface area contributed by atoms with Crippen molar-refractivity contribution >= 4 is 23.3 Å². The summed E-state index contributed by atoms with van der Waals surface area (Å²) in [5.41, 5.74) is 3.04. The second-order valence-corrected chi connectivity index (χ2v) is 7.49. The highest BCUT2D eigenvalue weighted by Gasteiger charge is 2.31. The number of carbonyl (C=O) groups excluding carboxylic acids is 2. The third-order valence-corrected chi connectivity index (χ3v) is 5.23. The molecule has 0 saturated heterocycles. The summed E-state index contributed by atoms with van der Waals surface area (Å²) in [6, 6.07) is 17.0. The minimum Gasteiger partial charge on any atom is -0.334 e. The predicted octanol–water partition coefficient (Wildman–Crippen LogP) is 4.88. The number of anilines is 2. The van der Waals surface area contributed by atoms with Gasteiger partial charge in [0.2, 0.25) is 0 Å². The Morgan fingerprint density at radius 3 is 2.58 bits per heavy atom. The third kappa shape index (κ3) is 4.40. The Labute approximate surface area is 178 Å². The van der Waals surface area contributed by atoms with Gasteiger partial charge < -0.3 is 15.5 Å². The summed E-state index contributed by atoms with van der Waals surface area (Å²) in [6.45, 7) is 2.16. The van der Waals surface area contributed by atoms with E-state index in [1.165, 1.54) is 0 Å². The lowest BCUT2D eigenvalue weighted by atomic mass is 10.1. The van der Waals surface area contributed by atoms with Crippen molar-refractivity contribution in [3.8, 4) is 0 Å². The molecule has 0 fully saturated rings. The number of carbonyl (C=O) groups is 2. The van der Waals surface area contributed by atoms with Crippen molar-refractivity contribution in [1.29, 1.82) is 0 Å². The summed E-state index contributed by atoms with van der Waals surface area (Å²) in [4.78, 5) is 26.9. The summed E-state index contributed by atoms with van der Waals surface area (Å²) < 4.78 is 27.0. The van der Waals surface area contributed by atoms with E-state index < -0.39 is 17.7 Å². The number of urea groups is 1. The van der Waals surface area contributed by atoms with E-state index in [1.54, 1.807) is 17.0 Å². The van der Waals surface area contributed by atoms with Crippen LogP contribution >= 0.6 is 0 Å². The van der Waals surface area contributed by atoms with E-state index in [2.05, 4.69) is 10.6 Å². The molecule has 1 unspecified atom stereocenters. The largest absolute Gasteiger partial charge is 0.334 e. The Hall–Kier alpha value is -3.74. The van der Waals surface area contributed by atoms with E-state index in [-0.39, 0.29) is 24.2 Å². The molecule has 1 atom stereocenters. The minimum atomic E-state index is -0.724. The number of nitrogens with zero attached hydrogens (tertiary/aromatic N) is 1. The number of rotatable bonds is 4. The summed E-state index contributed by atoms with van der Waals surface area (Å²) in [6.07, 6.45) is 0.751. The molecule has 0 spiro atoms.